The Balaban J connectivity index is 2.27. The van der Waals surface area contributed by atoms with Crippen molar-refractivity contribution in [1.82, 2.24) is 9.97 Å². The smallest absolute Gasteiger partial charge is 0.271 e. The third-order valence-electron chi connectivity index (χ3n) is 3.33. The molecule has 0 unspecified atom stereocenters. The van der Waals surface area contributed by atoms with Gasteiger partial charge in [0.05, 0.1) is 5.69 Å². The largest absolute Gasteiger partial charge is 0.504 e. The molecule has 3 rings (SSSR count). The van der Waals surface area contributed by atoms with Gasteiger partial charge in [0.1, 0.15) is 15.2 Å². The second kappa shape index (κ2) is 5.73. The maximum Gasteiger partial charge on any atom is 0.271 e. The Hall–Kier alpha value is -2.47. The van der Waals surface area contributed by atoms with Crippen LogP contribution in [0.3, 0.4) is 0 Å². The monoisotopic (exact) mass is 313 g/mol. The van der Waals surface area contributed by atoms with Gasteiger partial charge in [-0.3, -0.25) is 4.79 Å². The Kier molecular flexibility index (Phi) is 3.77. The summed E-state index contributed by atoms with van der Waals surface area (Å²) in [5.74, 6) is -0.909. The van der Waals surface area contributed by atoms with Crippen LogP contribution in [0.15, 0.2) is 30.3 Å². The van der Waals surface area contributed by atoms with Gasteiger partial charge in [0.15, 0.2) is 11.4 Å². The molecular weight excluding hydrogens is 298 g/mol. The van der Waals surface area contributed by atoms with E-state index in [2.05, 4.69) is 9.97 Å². The molecule has 3 N–H and O–H groups in total. The SMILES string of the molecule is CCCc1nc(C(N)=O)c(O)c2sc(-c3ccccc3)nc12. The number of benzene rings is 1. The summed E-state index contributed by atoms with van der Waals surface area (Å²) in [6, 6.07) is 9.71. The summed E-state index contributed by atoms with van der Waals surface area (Å²) in [5, 5.41) is 11.1. The van der Waals surface area contributed by atoms with E-state index < -0.39 is 5.91 Å². The molecule has 0 atom stereocenters. The number of amides is 1. The Morgan fingerprint density at radius 3 is 2.64 bits per heavy atom. The molecule has 0 aliphatic heterocycles. The minimum Gasteiger partial charge on any atom is -0.504 e. The summed E-state index contributed by atoms with van der Waals surface area (Å²) in [6.07, 6.45) is 1.54. The minimum atomic E-state index is -0.730. The molecule has 0 bridgehead atoms. The number of aromatic nitrogens is 2. The third-order valence-corrected chi connectivity index (χ3v) is 4.44. The number of thiazole rings is 1. The maximum atomic E-state index is 11.5. The first-order chi connectivity index (χ1) is 10.6. The highest BCUT2D eigenvalue weighted by molar-refractivity contribution is 7.22. The van der Waals surface area contributed by atoms with Crippen LogP contribution in [-0.2, 0) is 6.42 Å². The number of aryl methyl sites for hydroxylation is 1. The second-order valence-corrected chi connectivity index (χ2v) is 5.93. The van der Waals surface area contributed by atoms with Gasteiger partial charge in [-0.05, 0) is 6.42 Å². The number of pyridine rings is 1. The maximum absolute atomic E-state index is 11.5. The fourth-order valence-corrected chi connectivity index (χ4v) is 3.35. The van der Waals surface area contributed by atoms with Gasteiger partial charge in [-0.15, -0.1) is 11.3 Å². The third kappa shape index (κ3) is 2.42. The molecule has 3 aromatic rings. The standard InChI is InChI=1S/C16H15N3O2S/c1-2-6-10-11-14(13(20)12(18-10)15(17)21)22-16(19-11)9-7-4-3-5-8-9/h3-5,7-8,20H,2,6H2,1H3,(H2,17,21). The molecule has 0 saturated carbocycles. The number of rotatable bonds is 4. The van der Waals surface area contributed by atoms with Gasteiger partial charge >= 0.3 is 0 Å². The van der Waals surface area contributed by atoms with E-state index in [1.165, 1.54) is 11.3 Å². The van der Waals surface area contributed by atoms with Gasteiger partial charge in [-0.25, -0.2) is 9.97 Å². The summed E-state index contributed by atoms with van der Waals surface area (Å²) in [5.41, 5.74) is 7.53. The van der Waals surface area contributed by atoms with E-state index in [1.807, 2.05) is 37.3 Å². The van der Waals surface area contributed by atoms with Crippen LogP contribution in [0.1, 0.15) is 29.5 Å². The summed E-state index contributed by atoms with van der Waals surface area (Å²) in [7, 11) is 0. The zero-order valence-electron chi connectivity index (χ0n) is 12.0. The van der Waals surface area contributed by atoms with Crippen molar-refractivity contribution in [3.8, 4) is 16.3 Å². The number of nitrogens with zero attached hydrogens (tertiary/aromatic N) is 2. The Labute approximate surface area is 131 Å². The molecule has 0 saturated heterocycles. The van der Waals surface area contributed by atoms with Gasteiger partial charge in [0.25, 0.3) is 5.91 Å². The first kappa shape index (κ1) is 14.5. The van der Waals surface area contributed by atoms with Crippen molar-refractivity contribution in [2.45, 2.75) is 19.8 Å². The Morgan fingerprint density at radius 1 is 1.27 bits per heavy atom. The molecule has 112 valence electrons. The first-order valence-electron chi connectivity index (χ1n) is 6.99. The van der Waals surface area contributed by atoms with Crippen LogP contribution < -0.4 is 5.73 Å². The number of primary amides is 1. The summed E-state index contributed by atoms with van der Waals surface area (Å²) < 4.78 is 0.561. The zero-order chi connectivity index (χ0) is 15.7. The van der Waals surface area contributed by atoms with E-state index >= 15 is 0 Å². The number of fused-ring (bicyclic) bond motifs is 1. The fourth-order valence-electron chi connectivity index (χ4n) is 2.31. The molecule has 5 nitrogen and oxygen atoms in total. The van der Waals surface area contributed by atoms with Crippen LogP contribution in [0.4, 0.5) is 0 Å². The van der Waals surface area contributed by atoms with Gasteiger partial charge in [0, 0.05) is 5.56 Å². The van der Waals surface area contributed by atoms with Crippen LogP contribution >= 0.6 is 11.3 Å². The molecule has 2 aromatic heterocycles. The van der Waals surface area contributed by atoms with E-state index in [1.54, 1.807) is 0 Å². The summed E-state index contributed by atoms with van der Waals surface area (Å²) in [6.45, 7) is 2.02. The lowest BCUT2D eigenvalue weighted by atomic mass is 10.1. The van der Waals surface area contributed by atoms with Gasteiger partial charge in [0.2, 0.25) is 0 Å². The normalized spacial score (nSPS) is 11.0. The molecule has 0 fully saturated rings. The highest BCUT2D eigenvalue weighted by Crippen LogP contribution is 2.38. The van der Waals surface area contributed by atoms with E-state index in [4.69, 9.17) is 5.73 Å². The second-order valence-electron chi connectivity index (χ2n) is 4.93. The van der Waals surface area contributed by atoms with Crippen LogP contribution in [0, 0.1) is 0 Å². The van der Waals surface area contributed by atoms with Crippen molar-refractivity contribution in [3.05, 3.63) is 41.7 Å². The molecule has 0 spiro atoms. The molecule has 0 radical (unpaired) electrons. The number of carbonyl (C=O) groups is 1. The number of nitrogens with two attached hydrogens (primary N) is 1. The van der Waals surface area contributed by atoms with Gasteiger partial charge in [-0.1, -0.05) is 43.7 Å². The van der Waals surface area contributed by atoms with E-state index in [0.29, 0.717) is 22.3 Å². The van der Waals surface area contributed by atoms with Crippen molar-refractivity contribution in [1.29, 1.82) is 0 Å². The summed E-state index contributed by atoms with van der Waals surface area (Å²) in [4.78, 5) is 20.3. The van der Waals surface area contributed by atoms with Crippen molar-refractivity contribution in [3.63, 3.8) is 0 Å². The zero-order valence-corrected chi connectivity index (χ0v) is 12.9. The quantitative estimate of drug-likeness (QED) is 0.774. The highest BCUT2D eigenvalue weighted by atomic mass is 32.1. The number of carbonyl (C=O) groups excluding carboxylic acids is 1. The lowest BCUT2D eigenvalue weighted by molar-refractivity contribution is 0.0993. The van der Waals surface area contributed by atoms with Crippen molar-refractivity contribution in [2.75, 3.05) is 0 Å². The molecule has 2 heterocycles. The molecule has 6 heteroatoms. The topological polar surface area (TPSA) is 89.1 Å². The predicted molar refractivity (Wildman–Crippen MR) is 87.0 cm³/mol. The van der Waals surface area contributed by atoms with Crippen molar-refractivity contribution >= 4 is 27.5 Å². The highest BCUT2D eigenvalue weighted by Gasteiger charge is 2.20. The molecule has 0 aliphatic rings. The molecule has 1 amide bonds. The van der Waals surface area contributed by atoms with Crippen molar-refractivity contribution < 1.29 is 9.90 Å². The molecule has 1 aromatic carbocycles. The lowest BCUT2D eigenvalue weighted by Gasteiger charge is -2.05. The van der Waals surface area contributed by atoms with Gasteiger partial charge < -0.3 is 10.8 Å². The Morgan fingerprint density at radius 2 is 2.00 bits per heavy atom. The van der Waals surface area contributed by atoms with Crippen LogP contribution in [-0.4, -0.2) is 21.0 Å². The average molecular weight is 313 g/mol. The first-order valence-corrected chi connectivity index (χ1v) is 7.81. The van der Waals surface area contributed by atoms with Crippen molar-refractivity contribution in [2.24, 2.45) is 5.73 Å². The molecular formula is C16H15N3O2S. The van der Waals surface area contributed by atoms with Crippen LogP contribution in [0.5, 0.6) is 5.75 Å². The fraction of sp³-hybridized carbons (Fsp3) is 0.188. The summed E-state index contributed by atoms with van der Waals surface area (Å²) >= 11 is 1.34. The number of hydrogen-bond acceptors (Lipinski definition) is 5. The average Bonchev–Trinajstić information content (AvgIpc) is 2.97. The van der Waals surface area contributed by atoms with Crippen LogP contribution in [0.25, 0.3) is 20.8 Å². The Bertz CT molecular complexity index is 843. The van der Waals surface area contributed by atoms with E-state index in [0.717, 1.165) is 17.0 Å². The van der Waals surface area contributed by atoms with Crippen LogP contribution in [0.2, 0.25) is 0 Å². The van der Waals surface area contributed by atoms with E-state index in [9.17, 15) is 9.90 Å². The number of aromatic hydroxyl groups is 1. The van der Waals surface area contributed by atoms with E-state index in [-0.39, 0.29) is 11.4 Å². The number of hydrogen-bond donors (Lipinski definition) is 2. The minimum absolute atomic E-state index is 0.0841. The molecule has 0 aliphatic carbocycles. The lowest BCUT2D eigenvalue weighted by Crippen LogP contribution is -2.14. The molecule has 22 heavy (non-hydrogen) atoms. The predicted octanol–water partition coefficient (Wildman–Crippen LogP) is 3.12. The van der Waals surface area contributed by atoms with Gasteiger partial charge in [-0.2, -0.15) is 0 Å².